The number of carbonyl (C=O) groups excluding carboxylic acids is 1. The molecule has 3 aromatic carbocycles. The molecule has 1 aliphatic rings. The van der Waals surface area contributed by atoms with Crippen LogP contribution in [0, 0.1) is 13.8 Å². The first-order chi connectivity index (χ1) is 15.0. The summed E-state index contributed by atoms with van der Waals surface area (Å²) in [5.74, 6) is 0.143. The molecule has 0 aliphatic carbocycles. The van der Waals surface area contributed by atoms with Crippen molar-refractivity contribution in [3.05, 3.63) is 105 Å². The summed E-state index contributed by atoms with van der Waals surface area (Å²) >= 11 is 0. The maximum atomic E-state index is 12.8. The Bertz CT molecular complexity index is 1340. The van der Waals surface area contributed by atoms with Gasteiger partial charge in [0.25, 0.3) is 5.56 Å². The summed E-state index contributed by atoms with van der Waals surface area (Å²) < 4.78 is 0. The minimum Gasteiger partial charge on any atom is -0.334 e. The van der Waals surface area contributed by atoms with Crippen molar-refractivity contribution in [2.24, 2.45) is 0 Å². The van der Waals surface area contributed by atoms with Crippen molar-refractivity contribution < 1.29 is 4.79 Å². The number of carbonyl (C=O) groups is 1. The van der Waals surface area contributed by atoms with Crippen LogP contribution in [0.25, 0.3) is 21.9 Å². The van der Waals surface area contributed by atoms with Crippen molar-refractivity contribution >= 4 is 16.7 Å². The number of nitrogens with zero attached hydrogens (tertiary/aromatic N) is 1. The van der Waals surface area contributed by atoms with Crippen molar-refractivity contribution in [1.82, 2.24) is 9.88 Å². The van der Waals surface area contributed by atoms with Gasteiger partial charge in [0.2, 0.25) is 5.91 Å². The van der Waals surface area contributed by atoms with Crippen LogP contribution in [0.2, 0.25) is 0 Å². The Hall–Kier alpha value is -3.66. The van der Waals surface area contributed by atoms with Crippen molar-refractivity contribution in [2.75, 3.05) is 0 Å². The number of H-pyrrole nitrogens is 1. The van der Waals surface area contributed by atoms with E-state index in [9.17, 15) is 9.59 Å². The Morgan fingerprint density at radius 2 is 1.52 bits per heavy atom. The van der Waals surface area contributed by atoms with Gasteiger partial charge in [-0.05, 0) is 58.7 Å². The molecule has 4 heteroatoms. The fourth-order valence-corrected chi connectivity index (χ4v) is 4.36. The van der Waals surface area contributed by atoms with Gasteiger partial charge < -0.3 is 9.88 Å². The average Bonchev–Trinajstić information content (AvgIpc) is 3.21. The number of aryl methyl sites for hydroxylation is 2. The first-order valence-electron chi connectivity index (χ1n) is 10.6. The van der Waals surface area contributed by atoms with E-state index in [0.717, 1.165) is 33.2 Å². The number of nitrogens with one attached hydrogen (secondary N) is 1. The maximum absolute atomic E-state index is 12.8. The molecule has 5 rings (SSSR count). The molecule has 1 amide bonds. The molecule has 0 unspecified atom stereocenters. The second-order valence-corrected chi connectivity index (χ2v) is 8.41. The Kier molecular flexibility index (Phi) is 4.70. The van der Waals surface area contributed by atoms with E-state index in [-0.39, 0.29) is 11.5 Å². The number of aromatic nitrogens is 1. The molecule has 1 N–H and O–H groups in total. The summed E-state index contributed by atoms with van der Waals surface area (Å²) in [6.45, 7) is 5.46. The lowest BCUT2D eigenvalue weighted by atomic mass is 9.96. The standard InChI is InChI=1S/C27H24N2O2/c1-17-11-23-24(12-18(17)2)27(31)28-14-25(23)20-9-7-19(8-10-20)13-26(30)29-15-21-5-3-4-6-22(21)16-29/h3-12,14H,13,15-16H2,1-2H3,(H,28,31). The molecule has 1 aliphatic heterocycles. The fourth-order valence-electron chi connectivity index (χ4n) is 4.36. The quantitative estimate of drug-likeness (QED) is 0.524. The number of benzene rings is 3. The van der Waals surface area contributed by atoms with Crippen LogP contribution in [0.5, 0.6) is 0 Å². The number of hydrogen-bond donors (Lipinski definition) is 1. The Morgan fingerprint density at radius 1 is 0.903 bits per heavy atom. The highest BCUT2D eigenvalue weighted by Crippen LogP contribution is 2.29. The van der Waals surface area contributed by atoms with Gasteiger partial charge in [0.15, 0.2) is 0 Å². The predicted octanol–water partition coefficient (Wildman–Crippen LogP) is 4.90. The Labute approximate surface area is 181 Å². The smallest absolute Gasteiger partial charge is 0.255 e. The van der Waals surface area contributed by atoms with Crippen molar-refractivity contribution in [3.8, 4) is 11.1 Å². The van der Waals surface area contributed by atoms with Crippen LogP contribution in [-0.4, -0.2) is 15.8 Å². The number of fused-ring (bicyclic) bond motifs is 2. The lowest BCUT2D eigenvalue weighted by molar-refractivity contribution is -0.131. The second kappa shape index (κ2) is 7.55. The van der Waals surface area contributed by atoms with Gasteiger partial charge >= 0.3 is 0 Å². The van der Waals surface area contributed by atoms with Crippen LogP contribution in [-0.2, 0) is 24.3 Å². The number of rotatable bonds is 3. The van der Waals surface area contributed by atoms with Crippen molar-refractivity contribution in [3.63, 3.8) is 0 Å². The number of pyridine rings is 1. The van der Waals surface area contributed by atoms with E-state index >= 15 is 0 Å². The second-order valence-electron chi connectivity index (χ2n) is 8.41. The molecule has 0 spiro atoms. The third kappa shape index (κ3) is 3.55. The first-order valence-corrected chi connectivity index (χ1v) is 10.6. The molecule has 2 heterocycles. The van der Waals surface area contributed by atoms with E-state index in [1.165, 1.54) is 11.1 Å². The molecule has 0 bridgehead atoms. The molecule has 4 aromatic rings. The van der Waals surface area contributed by atoms with Crippen LogP contribution in [0.15, 0.2) is 71.7 Å². The zero-order chi connectivity index (χ0) is 21.5. The highest BCUT2D eigenvalue weighted by Gasteiger charge is 2.22. The molecule has 0 saturated carbocycles. The van der Waals surface area contributed by atoms with E-state index in [0.29, 0.717) is 24.9 Å². The Balaban J connectivity index is 1.39. The predicted molar refractivity (Wildman–Crippen MR) is 124 cm³/mol. The van der Waals surface area contributed by atoms with E-state index in [1.807, 2.05) is 54.3 Å². The minimum atomic E-state index is -0.0734. The van der Waals surface area contributed by atoms with Gasteiger partial charge in [0, 0.05) is 30.2 Å². The normalized spacial score (nSPS) is 12.9. The topological polar surface area (TPSA) is 53.2 Å². The summed E-state index contributed by atoms with van der Waals surface area (Å²) in [7, 11) is 0. The van der Waals surface area contributed by atoms with Gasteiger partial charge in [-0.2, -0.15) is 0 Å². The van der Waals surface area contributed by atoms with E-state index in [1.54, 1.807) is 6.20 Å². The summed E-state index contributed by atoms with van der Waals surface area (Å²) in [5, 5.41) is 1.65. The highest BCUT2D eigenvalue weighted by atomic mass is 16.2. The van der Waals surface area contributed by atoms with Gasteiger partial charge in [-0.25, -0.2) is 0 Å². The van der Waals surface area contributed by atoms with E-state index in [2.05, 4.69) is 30.1 Å². The largest absolute Gasteiger partial charge is 0.334 e. The molecule has 4 nitrogen and oxygen atoms in total. The van der Waals surface area contributed by atoms with Gasteiger partial charge in [-0.3, -0.25) is 9.59 Å². The molecule has 0 radical (unpaired) electrons. The molecular weight excluding hydrogens is 384 g/mol. The first kappa shape index (κ1) is 19.3. The zero-order valence-electron chi connectivity index (χ0n) is 17.7. The highest BCUT2D eigenvalue weighted by molar-refractivity contribution is 5.96. The number of hydrogen-bond acceptors (Lipinski definition) is 2. The van der Waals surface area contributed by atoms with Crippen molar-refractivity contribution in [1.29, 1.82) is 0 Å². The lowest BCUT2D eigenvalue weighted by Gasteiger charge is -2.15. The SMILES string of the molecule is Cc1cc2c(-c3ccc(CC(=O)N4Cc5ccccc5C4)cc3)c[nH]c(=O)c2cc1C. The molecule has 0 saturated heterocycles. The zero-order valence-corrected chi connectivity index (χ0v) is 17.7. The molecule has 31 heavy (non-hydrogen) atoms. The van der Waals surface area contributed by atoms with Crippen molar-refractivity contribution in [2.45, 2.75) is 33.4 Å². The summed E-state index contributed by atoms with van der Waals surface area (Å²) in [6.07, 6.45) is 2.17. The third-order valence-corrected chi connectivity index (χ3v) is 6.33. The van der Waals surface area contributed by atoms with Crippen LogP contribution in [0.1, 0.15) is 27.8 Å². The van der Waals surface area contributed by atoms with Gasteiger partial charge in [0.1, 0.15) is 0 Å². The van der Waals surface area contributed by atoms with Crippen LogP contribution >= 0.6 is 0 Å². The van der Waals surface area contributed by atoms with Gasteiger partial charge in [-0.15, -0.1) is 0 Å². The van der Waals surface area contributed by atoms with E-state index < -0.39 is 0 Å². The maximum Gasteiger partial charge on any atom is 0.255 e. The average molecular weight is 409 g/mol. The third-order valence-electron chi connectivity index (χ3n) is 6.33. The molecule has 0 fully saturated rings. The summed E-state index contributed by atoms with van der Waals surface area (Å²) in [5.41, 5.74) is 7.67. The summed E-state index contributed by atoms with van der Waals surface area (Å²) in [4.78, 5) is 29.9. The molecule has 0 atom stereocenters. The van der Waals surface area contributed by atoms with Crippen LogP contribution < -0.4 is 5.56 Å². The number of amides is 1. The molecular formula is C27H24N2O2. The molecule has 154 valence electrons. The monoisotopic (exact) mass is 408 g/mol. The van der Waals surface area contributed by atoms with Crippen LogP contribution in [0.3, 0.4) is 0 Å². The number of aromatic amines is 1. The minimum absolute atomic E-state index is 0.0734. The lowest BCUT2D eigenvalue weighted by Crippen LogP contribution is -2.26. The van der Waals surface area contributed by atoms with E-state index in [4.69, 9.17) is 0 Å². The Morgan fingerprint density at radius 3 is 2.16 bits per heavy atom. The van der Waals surface area contributed by atoms with Crippen LogP contribution in [0.4, 0.5) is 0 Å². The summed E-state index contributed by atoms with van der Waals surface area (Å²) in [6, 6.07) is 20.3. The molecule has 1 aromatic heterocycles. The van der Waals surface area contributed by atoms with Gasteiger partial charge in [0.05, 0.1) is 6.42 Å². The van der Waals surface area contributed by atoms with Gasteiger partial charge in [-0.1, -0.05) is 54.6 Å². The fraction of sp³-hybridized carbons (Fsp3) is 0.185.